The number of rotatable bonds is 4. The molecule has 2 aliphatic carbocycles. The monoisotopic (exact) mass is 260 g/mol. The lowest BCUT2D eigenvalue weighted by Gasteiger charge is -2.25. The van der Waals surface area contributed by atoms with E-state index in [2.05, 4.69) is 13.0 Å². The molecule has 4 atom stereocenters. The van der Waals surface area contributed by atoms with Crippen LogP contribution in [0.2, 0.25) is 0 Å². The highest BCUT2D eigenvalue weighted by molar-refractivity contribution is 5.38. The van der Waals surface area contributed by atoms with Crippen LogP contribution >= 0.6 is 0 Å². The van der Waals surface area contributed by atoms with Gasteiger partial charge in [0.2, 0.25) is 0 Å². The molecule has 2 saturated carbocycles. The Labute approximate surface area is 115 Å². The summed E-state index contributed by atoms with van der Waals surface area (Å²) in [7, 11) is 1.68. The Morgan fingerprint density at radius 2 is 2.16 bits per heavy atom. The van der Waals surface area contributed by atoms with Crippen molar-refractivity contribution in [1.82, 2.24) is 0 Å². The summed E-state index contributed by atoms with van der Waals surface area (Å²) < 4.78 is 5.41. The second-order valence-corrected chi connectivity index (χ2v) is 6.43. The Bertz CT molecular complexity index is 455. The maximum atomic E-state index is 10.5. The zero-order valence-electron chi connectivity index (χ0n) is 11.9. The lowest BCUT2D eigenvalue weighted by molar-refractivity contribution is 0.123. The normalized spacial score (nSPS) is 30.6. The third-order valence-corrected chi connectivity index (χ3v) is 5.16. The number of ether oxygens (including phenoxy) is 1. The summed E-state index contributed by atoms with van der Waals surface area (Å²) in [6.45, 7) is 2.05. The summed E-state index contributed by atoms with van der Waals surface area (Å²) in [5, 5.41) is 10.5. The second-order valence-electron chi connectivity index (χ2n) is 6.43. The summed E-state index contributed by atoms with van der Waals surface area (Å²) in [5.41, 5.74) is 2.13. The van der Waals surface area contributed by atoms with Crippen LogP contribution in [-0.4, -0.2) is 12.2 Å². The van der Waals surface area contributed by atoms with Gasteiger partial charge in [0.15, 0.2) is 0 Å². The van der Waals surface area contributed by atoms with Crippen LogP contribution in [0, 0.1) is 24.7 Å². The van der Waals surface area contributed by atoms with E-state index in [9.17, 15) is 5.11 Å². The molecule has 2 nitrogen and oxygen atoms in total. The maximum absolute atomic E-state index is 10.5. The number of benzene rings is 1. The third-order valence-electron chi connectivity index (χ3n) is 5.16. The Morgan fingerprint density at radius 1 is 1.32 bits per heavy atom. The van der Waals surface area contributed by atoms with Crippen molar-refractivity contribution in [3.63, 3.8) is 0 Å². The van der Waals surface area contributed by atoms with Crippen LogP contribution in [0.25, 0.3) is 0 Å². The molecule has 0 aromatic heterocycles. The fourth-order valence-electron chi connectivity index (χ4n) is 4.17. The first-order chi connectivity index (χ1) is 9.17. The molecule has 0 amide bonds. The van der Waals surface area contributed by atoms with Gasteiger partial charge in [0.25, 0.3) is 0 Å². The fourth-order valence-corrected chi connectivity index (χ4v) is 4.17. The minimum atomic E-state index is -0.375. The predicted molar refractivity (Wildman–Crippen MR) is 76.2 cm³/mol. The molecule has 0 aliphatic heterocycles. The number of aliphatic hydroxyl groups excluding tert-OH is 1. The van der Waals surface area contributed by atoms with Crippen LogP contribution in [0.3, 0.4) is 0 Å². The van der Waals surface area contributed by atoms with E-state index in [1.807, 2.05) is 12.1 Å². The number of hydrogen-bond acceptors (Lipinski definition) is 2. The van der Waals surface area contributed by atoms with Gasteiger partial charge in [-0.25, -0.2) is 0 Å². The van der Waals surface area contributed by atoms with Crippen LogP contribution in [0.4, 0.5) is 0 Å². The molecule has 2 aliphatic rings. The zero-order valence-corrected chi connectivity index (χ0v) is 11.9. The molecule has 1 N–H and O–H groups in total. The van der Waals surface area contributed by atoms with E-state index in [4.69, 9.17) is 4.74 Å². The number of aryl methyl sites for hydroxylation is 1. The Kier molecular flexibility index (Phi) is 3.53. The largest absolute Gasteiger partial charge is 0.496 e. The summed E-state index contributed by atoms with van der Waals surface area (Å²) in [6, 6.07) is 6.09. The summed E-state index contributed by atoms with van der Waals surface area (Å²) in [4.78, 5) is 0. The molecule has 1 aromatic rings. The van der Waals surface area contributed by atoms with Gasteiger partial charge in [0.05, 0.1) is 13.2 Å². The maximum Gasteiger partial charge on any atom is 0.124 e. The Hall–Kier alpha value is -1.02. The van der Waals surface area contributed by atoms with Gasteiger partial charge < -0.3 is 9.84 Å². The first-order valence-electron chi connectivity index (χ1n) is 7.50. The molecule has 3 rings (SSSR count). The van der Waals surface area contributed by atoms with E-state index in [1.54, 1.807) is 7.11 Å². The van der Waals surface area contributed by atoms with Crippen LogP contribution in [-0.2, 0) is 0 Å². The number of hydrogen-bond donors (Lipinski definition) is 1. The first kappa shape index (κ1) is 13.0. The molecular formula is C17H24O2. The fraction of sp³-hybridized carbons (Fsp3) is 0.647. The Morgan fingerprint density at radius 3 is 2.79 bits per heavy atom. The summed E-state index contributed by atoms with van der Waals surface area (Å²) >= 11 is 0. The zero-order chi connectivity index (χ0) is 13.4. The van der Waals surface area contributed by atoms with E-state index in [0.717, 1.165) is 35.5 Å². The SMILES string of the molecule is COc1cc(C)ccc1C(O)CC1CC2CCC1C2. The second kappa shape index (κ2) is 5.16. The van der Waals surface area contributed by atoms with Crippen molar-refractivity contribution in [2.24, 2.45) is 17.8 Å². The molecule has 0 saturated heterocycles. The molecule has 2 fully saturated rings. The topological polar surface area (TPSA) is 29.5 Å². The highest BCUT2D eigenvalue weighted by atomic mass is 16.5. The van der Waals surface area contributed by atoms with Gasteiger partial charge in [-0.15, -0.1) is 0 Å². The molecule has 104 valence electrons. The van der Waals surface area contributed by atoms with Crippen molar-refractivity contribution in [2.45, 2.75) is 45.1 Å². The van der Waals surface area contributed by atoms with Gasteiger partial charge in [-0.1, -0.05) is 18.6 Å². The van der Waals surface area contributed by atoms with E-state index in [1.165, 1.54) is 31.2 Å². The van der Waals surface area contributed by atoms with Crippen LogP contribution in [0.5, 0.6) is 5.75 Å². The number of aliphatic hydroxyl groups is 1. The third kappa shape index (κ3) is 2.51. The van der Waals surface area contributed by atoms with Crippen molar-refractivity contribution in [3.05, 3.63) is 29.3 Å². The van der Waals surface area contributed by atoms with Gasteiger partial charge in [-0.2, -0.15) is 0 Å². The molecule has 0 heterocycles. The van der Waals surface area contributed by atoms with Gasteiger partial charge in [-0.3, -0.25) is 0 Å². The standard InChI is InChI=1S/C17H24O2/c1-11-3-6-15(17(7-11)19-2)16(18)10-14-9-12-4-5-13(14)8-12/h3,6-7,12-14,16,18H,4-5,8-10H2,1-2H3. The van der Waals surface area contributed by atoms with Crippen molar-refractivity contribution in [1.29, 1.82) is 0 Å². The lowest BCUT2D eigenvalue weighted by Crippen LogP contribution is -2.14. The van der Waals surface area contributed by atoms with Gasteiger partial charge in [0, 0.05) is 5.56 Å². The molecule has 0 spiro atoms. The number of fused-ring (bicyclic) bond motifs is 2. The average Bonchev–Trinajstić information content (AvgIpc) is 3.00. The quantitative estimate of drug-likeness (QED) is 0.890. The van der Waals surface area contributed by atoms with Gasteiger partial charge >= 0.3 is 0 Å². The van der Waals surface area contributed by atoms with Crippen molar-refractivity contribution in [2.75, 3.05) is 7.11 Å². The molecule has 19 heavy (non-hydrogen) atoms. The van der Waals surface area contributed by atoms with Gasteiger partial charge in [0.1, 0.15) is 5.75 Å². The Balaban J connectivity index is 1.71. The molecule has 2 bridgehead atoms. The first-order valence-corrected chi connectivity index (χ1v) is 7.50. The van der Waals surface area contributed by atoms with E-state index < -0.39 is 0 Å². The predicted octanol–water partition coefficient (Wildman–Crippen LogP) is 3.86. The van der Waals surface area contributed by atoms with Crippen LogP contribution in [0.15, 0.2) is 18.2 Å². The van der Waals surface area contributed by atoms with Crippen LogP contribution in [0.1, 0.15) is 49.3 Å². The summed E-state index contributed by atoms with van der Waals surface area (Å²) in [5.74, 6) is 3.37. The minimum absolute atomic E-state index is 0.375. The lowest BCUT2D eigenvalue weighted by atomic mass is 9.83. The molecule has 1 aromatic carbocycles. The number of methoxy groups -OCH3 is 1. The molecule has 2 heteroatoms. The highest BCUT2D eigenvalue weighted by Crippen LogP contribution is 2.51. The van der Waals surface area contributed by atoms with E-state index in [-0.39, 0.29) is 6.10 Å². The minimum Gasteiger partial charge on any atom is -0.496 e. The molecule has 4 unspecified atom stereocenters. The van der Waals surface area contributed by atoms with E-state index >= 15 is 0 Å². The van der Waals surface area contributed by atoms with Crippen molar-refractivity contribution >= 4 is 0 Å². The molecule has 0 radical (unpaired) electrons. The van der Waals surface area contributed by atoms with Crippen molar-refractivity contribution < 1.29 is 9.84 Å². The van der Waals surface area contributed by atoms with Crippen molar-refractivity contribution in [3.8, 4) is 5.75 Å². The molecular weight excluding hydrogens is 236 g/mol. The highest BCUT2D eigenvalue weighted by Gasteiger charge is 2.40. The average molecular weight is 260 g/mol. The van der Waals surface area contributed by atoms with Crippen LogP contribution < -0.4 is 4.74 Å². The summed E-state index contributed by atoms with van der Waals surface area (Å²) in [6.07, 6.45) is 6.07. The smallest absolute Gasteiger partial charge is 0.124 e. The van der Waals surface area contributed by atoms with E-state index in [0.29, 0.717) is 0 Å². The van der Waals surface area contributed by atoms with Gasteiger partial charge in [-0.05, 0) is 62.0 Å².